The summed E-state index contributed by atoms with van der Waals surface area (Å²) < 4.78 is 10.7. The lowest BCUT2D eigenvalue weighted by Gasteiger charge is -2.29. The van der Waals surface area contributed by atoms with Crippen LogP contribution in [0.5, 0.6) is 11.5 Å². The number of carbonyl (C=O) groups is 2. The predicted molar refractivity (Wildman–Crippen MR) is 130 cm³/mol. The quantitative estimate of drug-likeness (QED) is 0.291. The van der Waals surface area contributed by atoms with Crippen LogP contribution in [-0.2, 0) is 14.4 Å². The summed E-state index contributed by atoms with van der Waals surface area (Å²) in [6, 6.07) is 17.6. The van der Waals surface area contributed by atoms with Gasteiger partial charge in [-0.1, -0.05) is 30.3 Å². The number of anilines is 2. The Morgan fingerprint density at radius 2 is 1.56 bits per heavy atom. The molecule has 0 N–H and O–H groups in total. The van der Waals surface area contributed by atoms with E-state index >= 15 is 0 Å². The van der Waals surface area contributed by atoms with Crippen molar-refractivity contribution in [3.63, 3.8) is 0 Å². The van der Waals surface area contributed by atoms with Gasteiger partial charge in [-0.15, -0.1) is 0 Å². The lowest BCUT2D eigenvalue weighted by atomic mass is 9.89. The molecule has 0 spiro atoms. The molecular weight excluding hydrogens is 466 g/mol. The van der Waals surface area contributed by atoms with Gasteiger partial charge in [0.25, 0.3) is 11.6 Å². The summed E-state index contributed by atoms with van der Waals surface area (Å²) in [7, 11) is 2.80. The first-order valence-electron chi connectivity index (χ1n) is 11.2. The number of aryl methyl sites for hydroxylation is 1. The number of imide groups is 1. The molecule has 10 heteroatoms. The highest BCUT2D eigenvalue weighted by molar-refractivity contribution is 6.24. The van der Waals surface area contributed by atoms with Crippen molar-refractivity contribution in [3.8, 4) is 11.5 Å². The number of hydrogen-bond acceptors (Lipinski definition) is 8. The summed E-state index contributed by atoms with van der Waals surface area (Å²) in [6.07, 6.45) is -1.16. The number of fused-ring (bicyclic) bond motifs is 1. The van der Waals surface area contributed by atoms with Gasteiger partial charge in [0, 0.05) is 0 Å². The van der Waals surface area contributed by atoms with E-state index in [2.05, 4.69) is 0 Å². The van der Waals surface area contributed by atoms with Crippen molar-refractivity contribution in [3.05, 3.63) is 88.0 Å². The maximum absolute atomic E-state index is 13.8. The number of carbonyl (C=O) groups excluding carboxylic acids is 2. The van der Waals surface area contributed by atoms with E-state index < -0.39 is 34.8 Å². The van der Waals surface area contributed by atoms with Gasteiger partial charge in [0.1, 0.15) is 12.0 Å². The van der Waals surface area contributed by atoms with Crippen LogP contribution in [0.25, 0.3) is 0 Å². The number of ether oxygens (including phenoxy) is 2. The van der Waals surface area contributed by atoms with Crippen LogP contribution in [0, 0.1) is 23.0 Å². The van der Waals surface area contributed by atoms with E-state index in [1.165, 1.54) is 31.4 Å². The number of nitro benzene ring substituents is 1. The molecule has 36 heavy (non-hydrogen) atoms. The van der Waals surface area contributed by atoms with E-state index in [1.807, 2.05) is 19.1 Å². The van der Waals surface area contributed by atoms with Crippen LogP contribution in [-0.4, -0.2) is 37.1 Å². The molecule has 0 bridgehead atoms. The lowest BCUT2D eigenvalue weighted by molar-refractivity contribution is -0.385. The smallest absolute Gasteiger partial charge is 0.278 e. The lowest BCUT2D eigenvalue weighted by Crippen LogP contribution is -2.37. The number of hydrogen-bond donors (Lipinski definition) is 0. The van der Waals surface area contributed by atoms with Crippen LogP contribution in [0.3, 0.4) is 0 Å². The second-order valence-electron chi connectivity index (χ2n) is 8.53. The van der Waals surface area contributed by atoms with Gasteiger partial charge in [0.2, 0.25) is 5.91 Å². The molecule has 3 unspecified atom stereocenters. The Hall–Kier alpha value is -4.44. The standard InChI is InChI=1S/C26H23N3O7/c1-15-8-7-11-17(12-15)27-25(30)22-23(18-13-20(34-2)21(35-3)14-19(18)29(32)33)28(36-24(22)26(27)31)16-9-5-4-6-10-16/h4-14,22-24H,1-3H3. The minimum atomic E-state index is -1.16. The molecule has 2 amide bonds. The number of amides is 2. The third-order valence-corrected chi connectivity index (χ3v) is 6.43. The van der Waals surface area contributed by atoms with E-state index in [9.17, 15) is 19.7 Å². The number of nitrogens with zero attached hydrogens (tertiary/aromatic N) is 3. The highest BCUT2D eigenvalue weighted by atomic mass is 16.7. The third-order valence-electron chi connectivity index (χ3n) is 6.43. The maximum atomic E-state index is 13.8. The van der Waals surface area contributed by atoms with Crippen molar-refractivity contribution in [2.45, 2.75) is 19.1 Å². The molecule has 10 nitrogen and oxygen atoms in total. The second-order valence-corrected chi connectivity index (χ2v) is 8.53. The van der Waals surface area contributed by atoms with Crippen molar-refractivity contribution in [2.75, 3.05) is 24.2 Å². The van der Waals surface area contributed by atoms with Gasteiger partial charge in [-0.05, 0) is 42.8 Å². The first kappa shape index (κ1) is 23.3. The SMILES string of the molecule is COc1cc(C2C3C(=O)N(c4cccc(C)c4)C(=O)C3ON2c2ccccc2)c([N+](=O)[O-])cc1OC. The number of hydroxylamine groups is 1. The zero-order valence-electron chi connectivity index (χ0n) is 19.8. The molecular formula is C26H23N3O7. The number of methoxy groups -OCH3 is 2. The normalized spacial score (nSPS) is 21.0. The van der Waals surface area contributed by atoms with Crippen LogP contribution in [0.15, 0.2) is 66.7 Å². The van der Waals surface area contributed by atoms with Crippen molar-refractivity contribution in [2.24, 2.45) is 5.92 Å². The zero-order valence-corrected chi connectivity index (χ0v) is 19.8. The summed E-state index contributed by atoms with van der Waals surface area (Å²) in [4.78, 5) is 46.1. The topological polar surface area (TPSA) is 111 Å². The van der Waals surface area contributed by atoms with Crippen LogP contribution < -0.4 is 19.4 Å². The molecule has 2 saturated heterocycles. The van der Waals surface area contributed by atoms with Crippen molar-refractivity contribution < 1.29 is 28.8 Å². The maximum Gasteiger partial charge on any atom is 0.278 e. The highest BCUT2D eigenvalue weighted by Crippen LogP contribution is 2.51. The van der Waals surface area contributed by atoms with Gasteiger partial charge in [0.05, 0.1) is 42.1 Å². The fourth-order valence-corrected chi connectivity index (χ4v) is 4.83. The van der Waals surface area contributed by atoms with Crippen LogP contribution in [0.4, 0.5) is 17.1 Å². The average Bonchev–Trinajstić information content (AvgIpc) is 3.39. The average molecular weight is 489 g/mol. The summed E-state index contributed by atoms with van der Waals surface area (Å²) in [5.41, 5.74) is 1.74. The van der Waals surface area contributed by atoms with E-state index in [-0.39, 0.29) is 22.7 Å². The fraction of sp³-hybridized carbons (Fsp3) is 0.231. The van der Waals surface area contributed by atoms with Gasteiger partial charge < -0.3 is 9.47 Å². The minimum Gasteiger partial charge on any atom is -0.493 e. The van der Waals surface area contributed by atoms with E-state index in [1.54, 1.807) is 42.5 Å². The molecule has 3 aromatic rings. The fourth-order valence-electron chi connectivity index (χ4n) is 4.83. The Morgan fingerprint density at radius 1 is 0.889 bits per heavy atom. The molecule has 0 saturated carbocycles. The Kier molecular flexibility index (Phi) is 5.81. The van der Waals surface area contributed by atoms with Gasteiger partial charge in [0.15, 0.2) is 17.6 Å². The van der Waals surface area contributed by atoms with Crippen LogP contribution in [0.1, 0.15) is 17.2 Å². The van der Waals surface area contributed by atoms with Crippen LogP contribution in [0.2, 0.25) is 0 Å². The number of para-hydroxylation sites is 1. The summed E-state index contributed by atoms with van der Waals surface area (Å²) in [5, 5.41) is 13.5. The first-order valence-corrected chi connectivity index (χ1v) is 11.2. The molecule has 2 aliphatic rings. The summed E-state index contributed by atoms with van der Waals surface area (Å²) in [5.74, 6) is -1.63. The van der Waals surface area contributed by atoms with E-state index in [4.69, 9.17) is 14.3 Å². The monoisotopic (exact) mass is 489 g/mol. The number of benzene rings is 3. The molecule has 3 aromatic carbocycles. The molecule has 0 aromatic heterocycles. The molecule has 0 aliphatic carbocycles. The Morgan fingerprint density at radius 3 is 2.19 bits per heavy atom. The largest absolute Gasteiger partial charge is 0.493 e. The molecule has 0 radical (unpaired) electrons. The van der Waals surface area contributed by atoms with E-state index in [0.29, 0.717) is 11.4 Å². The van der Waals surface area contributed by atoms with Gasteiger partial charge in [-0.25, -0.2) is 9.96 Å². The second kappa shape index (κ2) is 8.97. The van der Waals surface area contributed by atoms with Crippen molar-refractivity contribution >= 4 is 28.9 Å². The number of rotatable bonds is 6. The number of nitro groups is 1. The van der Waals surface area contributed by atoms with Gasteiger partial charge >= 0.3 is 0 Å². The first-order chi connectivity index (χ1) is 17.3. The molecule has 2 heterocycles. The Bertz CT molecular complexity index is 1360. The zero-order chi connectivity index (χ0) is 25.6. The molecule has 3 atom stereocenters. The summed E-state index contributed by atoms with van der Waals surface area (Å²) in [6.45, 7) is 1.86. The van der Waals surface area contributed by atoms with Gasteiger partial charge in [-0.3, -0.25) is 24.5 Å². The van der Waals surface area contributed by atoms with E-state index in [0.717, 1.165) is 10.5 Å². The van der Waals surface area contributed by atoms with Crippen molar-refractivity contribution in [1.82, 2.24) is 0 Å². The Labute approximate surface area is 206 Å². The molecule has 2 aliphatic heterocycles. The minimum absolute atomic E-state index is 0.168. The predicted octanol–water partition coefficient (Wildman–Crippen LogP) is 3.97. The molecule has 2 fully saturated rings. The molecule has 184 valence electrons. The van der Waals surface area contributed by atoms with Crippen molar-refractivity contribution in [1.29, 1.82) is 0 Å². The van der Waals surface area contributed by atoms with Gasteiger partial charge in [-0.2, -0.15) is 0 Å². The summed E-state index contributed by atoms with van der Waals surface area (Å²) >= 11 is 0. The third kappa shape index (κ3) is 3.62. The Balaban J connectivity index is 1.69. The highest BCUT2D eigenvalue weighted by Gasteiger charge is 2.61. The van der Waals surface area contributed by atoms with Crippen LogP contribution >= 0.6 is 0 Å². The molecule has 5 rings (SSSR count).